The van der Waals surface area contributed by atoms with Gasteiger partial charge in [0.15, 0.2) is 5.78 Å². The molecule has 2 aliphatic rings. The highest BCUT2D eigenvalue weighted by molar-refractivity contribution is 5.93. The van der Waals surface area contributed by atoms with Gasteiger partial charge in [-0.05, 0) is 77.6 Å². The zero-order chi connectivity index (χ0) is 18.9. The predicted molar refractivity (Wildman–Crippen MR) is 100 cm³/mol. The number of aryl methyl sites for hydroxylation is 2. The van der Waals surface area contributed by atoms with Crippen molar-refractivity contribution in [2.24, 2.45) is 11.3 Å². The molecule has 0 aliphatic heterocycles. The van der Waals surface area contributed by atoms with Crippen LogP contribution in [0.3, 0.4) is 0 Å². The Balaban J connectivity index is 1.93. The topological polar surface area (TPSA) is 77.8 Å². The summed E-state index contributed by atoms with van der Waals surface area (Å²) in [6.45, 7) is 5.35. The Hall–Kier alpha value is -1.91. The van der Waals surface area contributed by atoms with Crippen molar-refractivity contribution in [3.63, 3.8) is 0 Å². The minimum absolute atomic E-state index is 0.0821. The van der Waals surface area contributed by atoms with E-state index in [1.807, 2.05) is 32.9 Å². The lowest BCUT2D eigenvalue weighted by Crippen LogP contribution is -2.56. The molecule has 4 nitrogen and oxygen atoms in total. The van der Waals surface area contributed by atoms with Gasteiger partial charge in [0.05, 0.1) is 0 Å². The van der Waals surface area contributed by atoms with Crippen molar-refractivity contribution in [1.82, 2.24) is 0 Å². The van der Waals surface area contributed by atoms with Crippen LogP contribution in [0.5, 0.6) is 5.75 Å². The number of hydrogen-bond donors (Lipinski definition) is 3. The molecule has 0 aromatic heterocycles. The molecule has 0 bridgehead atoms. The molecule has 4 atom stereocenters. The van der Waals surface area contributed by atoms with Gasteiger partial charge in [-0.2, -0.15) is 0 Å². The highest BCUT2D eigenvalue weighted by Crippen LogP contribution is 2.63. The average Bonchev–Trinajstić information content (AvgIpc) is 2.83. The number of aliphatic hydroxyl groups excluding tert-OH is 1. The fourth-order valence-corrected chi connectivity index (χ4v) is 5.81. The fourth-order valence-electron chi connectivity index (χ4n) is 5.81. The molecule has 0 spiro atoms. The van der Waals surface area contributed by atoms with Crippen LogP contribution in [0.1, 0.15) is 49.3 Å². The zero-order valence-corrected chi connectivity index (χ0v) is 15.5. The van der Waals surface area contributed by atoms with Crippen LogP contribution in [0, 0.1) is 18.3 Å². The summed E-state index contributed by atoms with van der Waals surface area (Å²) in [5.74, 6) is -0.308. The molecule has 138 valence electrons. The smallest absolute Gasteiger partial charge is 0.190 e. The molecule has 3 N–H and O–H groups in total. The summed E-state index contributed by atoms with van der Waals surface area (Å²) >= 11 is 0. The van der Waals surface area contributed by atoms with Gasteiger partial charge in [-0.25, -0.2) is 0 Å². The van der Waals surface area contributed by atoms with E-state index < -0.39 is 23.4 Å². The van der Waals surface area contributed by atoms with Gasteiger partial charge in [-0.1, -0.05) is 26.0 Å². The number of rotatable bonds is 2. The fraction of sp³-hybridized carbons (Fsp3) is 0.500. The summed E-state index contributed by atoms with van der Waals surface area (Å²) < 4.78 is 0. The third kappa shape index (κ3) is 2.00. The Morgan fingerprint density at radius 3 is 2.69 bits per heavy atom. The van der Waals surface area contributed by atoms with Gasteiger partial charge >= 0.3 is 0 Å². The van der Waals surface area contributed by atoms with E-state index in [1.165, 1.54) is 11.1 Å². The second-order valence-electron chi connectivity index (χ2n) is 8.45. The quantitative estimate of drug-likeness (QED) is 0.774. The number of phenols is 1. The Morgan fingerprint density at radius 1 is 1.27 bits per heavy atom. The van der Waals surface area contributed by atoms with Gasteiger partial charge in [0.1, 0.15) is 18.0 Å². The molecule has 26 heavy (non-hydrogen) atoms. The average molecular weight is 354 g/mol. The summed E-state index contributed by atoms with van der Waals surface area (Å²) in [5, 5.41) is 32.9. The van der Waals surface area contributed by atoms with Crippen molar-refractivity contribution < 1.29 is 20.1 Å². The Bertz CT molecular complexity index is 918. The SMILES string of the molecule is Cc1cc2c(c3ccc(O)cc13)CC[C@@]1(C)[C@H]2C[C@@H](C)[C@]1(O)C(=O)CO. The molecule has 4 heteroatoms. The Morgan fingerprint density at radius 2 is 2.00 bits per heavy atom. The minimum atomic E-state index is -1.48. The first-order chi connectivity index (χ1) is 12.2. The molecule has 0 saturated heterocycles. The number of Topliss-reactive ketones (excluding diaryl/α,β-unsaturated/α-hetero) is 1. The molecular weight excluding hydrogens is 328 g/mol. The summed E-state index contributed by atoms with van der Waals surface area (Å²) in [7, 11) is 0. The second kappa shape index (κ2) is 5.54. The van der Waals surface area contributed by atoms with E-state index in [-0.39, 0.29) is 17.6 Å². The molecule has 2 aromatic carbocycles. The van der Waals surface area contributed by atoms with Gasteiger partial charge in [0.25, 0.3) is 0 Å². The first-order valence-electron chi connectivity index (χ1n) is 9.35. The second-order valence-corrected chi connectivity index (χ2v) is 8.45. The van der Waals surface area contributed by atoms with E-state index in [2.05, 4.69) is 6.07 Å². The molecule has 0 amide bonds. The number of ketones is 1. The van der Waals surface area contributed by atoms with Crippen LogP contribution in [0.4, 0.5) is 0 Å². The number of hydrogen-bond acceptors (Lipinski definition) is 4. The van der Waals surface area contributed by atoms with Crippen LogP contribution in [-0.4, -0.2) is 33.3 Å². The highest BCUT2D eigenvalue weighted by Gasteiger charge is 2.65. The van der Waals surface area contributed by atoms with Crippen LogP contribution < -0.4 is 0 Å². The molecule has 4 rings (SSSR count). The first kappa shape index (κ1) is 17.5. The number of carbonyl (C=O) groups is 1. The van der Waals surface area contributed by atoms with E-state index >= 15 is 0 Å². The van der Waals surface area contributed by atoms with Crippen LogP contribution in [0.2, 0.25) is 0 Å². The number of benzene rings is 2. The lowest BCUT2D eigenvalue weighted by molar-refractivity contribution is -0.159. The number of fused-ring (bicyclic) bond motifs is 5. The third-order valence-electron chi connectivity index (χ3n) is 7.25. The van der Waals surface area contributed by atoms with E-state index in [9.17, 15) is 20.1 Å². The highest BCUT2D eigenvalue weighted by atomic mass is 16.3. The molecular formula is C22H26O4. The Labute approximate surface area is 153 Å². The van der Waals surface area contributed by atoms with E-state index in [1.54, 1.807) is 6.07 Å². The Kier molecular flexibility index (Phi) is 3.73. The van der Waals surface area contributed by atoms with Gasteiger partial charge < -0.3 is 15.3 Å². The van der Waals surface area contributed by atoms with Crippen LogP contribution in [-0.2, 0) is 11.2 Å². The molecule has 1 saturated carbocycles. The third-order valence-corrected chi connectivity index (χ3v) is 7.25. The first-order valence-corrected chi connectivity index (χ1v) is 9.35. The number of phenolic OH excluding ortho intramolecular Hbond substituents is 1. The summed E-state index contributed by atoms with van der Waals surface area (Å²) in [6, 6.07) is 7.67. The minimum Gasteiger partial charge on any atom is -0.508 e. The molecule has 1 fully saturated rings. The normalized spacial score (nSPS) is 33.1. The standard InChI is InChI=1S/C22H26O4/c1-12-8-18-16(15-5-4-14(24)10-17(12)15)6-7-21(3)19(18)9-13(2)22(21,26)20(25)11-23/h4-5,8,10,13,19,23-24,26H,6-7,9,11H2,1-3H3/t13-,19+,21+,22+/m1/s1. The number of aromatic hydroxyl groups is 1. The molecule has 0 heterocycles. The van der Waals surface area contributed by atoms with Crippen molar-refractivity contribution in [2.75, 3.05) is 6.61 Å². The van der Waals surface area contributed by atoms with Crippen molar-refractivity contribution in [2.45, 2.75) is 51.6 Å². The lowest BCUT2D eigenvalue weighted by Gasteiger charge is -2.46. The largest absolute Gasteiger partial charge is 0.508 e. The predicted octanol–water partition coefficient (Wildman–Crippen LogP) is 3.22. The lowest BCUT2D eigenvalue weighted by atomic mass is 9.59. The molecule has 0 unspecified atom stereocenters. The van der Waals surface area contributed by atoms with Crippen molar-refractivity contribution in [1.29, 1.82) is 0 Å². The molecule has 2 aromatic rings. The van der Waals surface area contributed by atoms with E-state index in [0.29, 0.717) is 6.42 Å². The molecule has 0 radical (unpaired) electrons. The number of aliphatic hydroxyl groups is 2. The summed E-state index contributed by atoms with van der Waals surface area (Å²) in [6.07, 6.45) is 2.21. The van der Waals surface area contributed by atoms with Crippen molar-refractivity contribution >= 4 is 16.6 Å². The maximum absolute atomic E-state index is 12.5. The maximum Gasteiger partial charge on any atom is 0.190 e. The van der Waals surface area contributed by atoms with Gasteiger partial charge in [0, 0.05) is 5.41 Å². The van der Waals surface area contributed by atoms with Gasteiger partial charge in [-0.3, -0.25) is 4.79 Å². The van der Waals surface area contributed by atoms with Crippen LogP contribution in [0.15, 0.2) is 24.3 Å². The van der Waals surface area contributed by atoms with Crippen LogP contribution >= 0.6 is 0 Å². The van der Waals surface area contributed by atoms with Crippen molar-refractivity contribution in [3.8, 4) is 5.75 Å². The van der Waals surface area contributed by atoms with Gasteiger partial charge in [-0.15, -0.1) is 0 Å². The summed E-state index contributed by atoms with van der Waals surface area (Å²) in [4.78, 5) is 12.5. The van der Waals surface area contributed by atoms with Crippen LogP contribution in [0.25, 0.3) is 10.8 Å². The van der Waals surface area contributed by atoms with E-state index in [0.717, 1.165) is 29.2 Å². The van der Waals surface area contributed by atoms with Crippen molar-refractivity contribution in [3.05, 3.63) is 41.0 Å². The number of carbonyl (C=O) groups excluding carboxylic acids is 1. The molecule has 2 aliphatic carbocycles. The maximum atomic E-state index is 12.5. The van der Waals surface area contributed by atoms with E-state index in [4.69, 9.17) is 0 Å². The summed E-state index contributed by atoms with van der Waals surface area (Å²) in [5.41, 5.74) is 1.51. The zero-order valence-electron chi connectivity index (χ0n) is 15.5. The van der Waals surface area contributed by atoms with Gasteiger partial charge in [0.2, 0.25) is 0 Å². The monoisotopic (exact) mass is 354 g/mol.